The van der Waals surface area contributed by atoms with Crippen molar-refractivity contribution >= 4 is 13.6 Å². The number of hydrogen-bond donors (Lipinski definition) is 3. The first kappa shape index (κ1) is 24.0. The number of nitrogens with zero attached hydrogens (tertiary/aromatic N) is 3. The third kappa shape index (κ3) is 7.48. The van der Waals surface area contributed by atoms with Crippen LogP contribution in [0.25, 0.3) is 11.3 Å². The van der Waals surface area contributed by atoms with Crippen LogP contribution in [0, 0.1) is 5.95 Å². The molecule has 12 heteroatoms. The van der Waals surface area contributed by atoms with Gasteiger partial charge in [0, 0.05) is 31.9 Å². The second-order valence-electron chi connectivity index (χ2n) is 6.51. The summed E-state index contributed by atoms with van der Waals surface area (Å²) in [5.74, 6) is 1.17. The SMILES string of the molecule is COP(=O)(O)O.Nc1ncccc1-c1cc(Cc2ccc(Oc3cccc(F)n3)cc2)no1. The molecule has 33 heavy (non-hydrogen) atoms. The average molecular weight is 474 g/mol. The van der Waals surface area contributed by atoms with Gasteiger partial charge >= 0.3 is 7.82 Å². The van der Waals surface area contributed by atoms with E-state index in [-0.39, 0.29) is 5.88 Å². The molecule has 0 fully saturated rings. The van der Waals surface area contributed by atoms with Gasteiger partial charge in [-0.15, -0.1) is 0 Å². The van der Waals surface area contributed by atoms with Crippen molar-refractivity contribution in [1.82, 2.24) is 15.1 Å². The van der Waals surface area contributed by atoms with Gasteiger partial charge in [-0.2, -0.15) is 9.37 Å². The molecule has 3 heterocycles. The van der Waals surface area contributed by atoms with Crippen LogP contribution in [0.1, 0.15) is 11.3 Å². The van der Waals surface area contributed by atoms with Crippen molar-refractivity contribution < 1.29 is 32.5 Å². The van der Waals surface area contributed by atoms with Gasteiger partial charge in [0.05, 0.1) is 11.3 Å². The summed E-state index contributed by atoms with van der Waals surface area (Å²) in [6.45, 7) is 0. The van der Waals surface area contributed by atoms with Crippen LogP contribution in [0.5, 0.6) is 11.6 Å². The van der Waals surface area contributed by atoms with Crippen molar-refractivity contribution in [3.8, 4) is 23.0 Å². The zero-order valence-corrected chi connectivity index (χ0v) is 18.2. The van der Waals surface area contributed by atoms with E-state index in [1.807, 2.05) is 24.3 Å². The molecule has 3 aromatic heterocycles. The quantitative estimate of drug-likeness (QED) is 0.276. The van der Waals surface area contributed by atoms with Gasteiger partial charge in [-0.3, -0.25) is 4.52 Å². The summed E-state index contributed by atoms with van der Waals surface area (Å²) in [6.07, 6.45) is 2.21. The van der Waals surface area contributed by atoms with E-state index in [1.165, 1.54) is 6.07 Å². The Morgan fingerprint density at radius 2 is 1.85 bits per heavy atom. The molecule has 0 spiro atoms. The van der Waals surface area contributed by atoms with E-state index in [4.69, 9.17) is 24.8 Å². The summed E-state index contributed by atoms with van der Waals surface area (Å²) in [5, 5.41) is 4.09. The van der Waals surface area contributed by atoms with Crippen LogP contribution >= 0.6 is 7.82 Å². The number of nitrogen functional groups attached to an aromatic ring is 1. The first-order valence-corrected chi connectivity index (χ1v) is 10.9. The zero-order valence-electron chi connectivity index (χ0n) is 17.3. The number of nitrogens with two attached hydrogens (primary N) is 1. The van der Waals surface area contributed by atoms with Crippen LogP contribution < -0.4 is 10.5 Å². The molecule has 0 atom stereocenters. The fourth-order valence-electron chi connectivity index (χ4n) is 2.60. The molecule has 0 aliphatic heterocycles. The number of phosphoric acid groups is 1. The highest BCUT2D eigenvalue weighted by atomic mass is 31.2. The van der Waals surface area contributed by atoms with Crippen molar-refractivity contribution in [3.63, 3.8) is 0 Å². The number of rotatable bonds is 6. The van der Waals surface area contributed by atoms with Crippen LogP contribution in [-0.2, 0) is 15.5 Å². The lowest BCUT2D eigenvalue weighted by Gasteiger charge is -2.05. The Labute approximate surface area is 188 Å². The molecule has 4 aromatic rings. The van der Waals surface area contributed by atoms with Gasteiger partial charge in [0.25, 0.3) is 0 Å². The highest BCUT2D eigenvalue weighted by Gasteiger charge is 2.11. The maximum Gasteiger partial charge on any atom is 0.469 e. The standard InChI is InChI=1S/C20H15FN4O2.CH5O4P/c21-18-4-1-5-19(24-18)26-15-8-6-13(7-9-15)11-14-12-17(27-25-14)16-3-2-10-23-20(16)22;1-5-6(2,3)4/h1-10,12H,11H2,(H2,22,23);1H3,(H2,2,3,4). The maximum atomic E-state index is 13.1. The van der Waals surface area contributed by atoms with Gasteiger partial charge in [-0.25, -0.2) is 9.55 Å². The minimum atomic E-state index is -4.15. The van der Waals surface area contributed by atoms with Crippen molar-refractivity contribution in [2.45, 2.75) is 6.42 Å². The predicted octanol–water partition coefficient (Wildman–Crippen LogP) is 3.96. The first-order valence-electron chi connectivity index (χ1n) is 9.40. The summed E-state index contributed by atoms with van der Waals surface area (Å²) < 4.78 is 37.1. The average Bonchev–Trinajstić information content (AvgIpc) is 3.24. The third-order valence-electron chi connectivity index (χ3n) is 4.12. The largest absolute Gasteiger partial charge is 0.469 e. The lowest BCUT2D eigenvalue weighted by atomic mass is 10.1. The van der Waals surface area contributed by atoms with E-state index in [2.05, 4.69) is 19.6 Å². The van der Waals surface area contributed by atoms with E-state index < -0.39 is 13.8 Å². The molecular weight excluding hydrogens is 454 g/mol. The smallest absolute Gasteiger partial charge is 0.439 e. The number of pyridine rings is 2. The molecule has 0 unspecified atom stereocenters. The van der Waals surface area contributed by atoms with Crippen molar-refractivity contribution in [1.29, 1.82) is 0 Å². The second-order valence-corrected chi connectivity index (χ2v) is 7.86. The molecule has 0 saturated carbocycles. The summed E-state index contributed by atoms with van der Waals surface area (Å²) in [7, 11) is -3.20. The molecule has 4 rings (SSSR count). The number of halogens is 1. The first-order chi connectivity index (χ1) is 15.7. The van der Waals surface area contributed by atoms with Gasteiger partial charge in [0.15, 0.2) is 5.76 Å². The van der Waals surface area contributed by atoms with E-state index in [0.717, 1.165) is 18.4 Å². The van der Waals surface area contributed by atoms with E-state index in [0.29, 0.717) is 29.3 Å². The number of benzene rings is 1. The number of phosphoric ester groups is 1. The molecule has 0 bridgehead atoms. The minimum Gasteiger partial charge on any atom is -0.439 e. The molecule has 0 aliphatic carbocycles. The molecule has 172 valence electrons. The molecule has 0 radical (unpaired) electrons. The molecule has 4 N–H and O–H groups in total. The van der Waals surface area contributed by atoms with Crippen LogP contribution in [0.2, 0.25) is 0 Å². The van der Waals surface area contributed by atoms with Crippen LogP contribution in [0.4, 0.5) is 10.2 Å². The monoisotopic (exact) mass is 474 g/mol. The Morgan fingerprint density at radius 3 is 2.48 bits per heavy atom. The maximum absolute atomic E-state index is 13.1. The molecule has 1 aromatic carbocycles. The van der Waals surface area contributed by atoms with Crippen molar-refractivity contribution in [2.75, 3.05) is 12.8 Å². The number of anilines is 1. The summed E-state index contributed by atoms with van der Waals surface area (Å²) in [4.78, 5) is 23.1. The highest BCUT2D eigenvalue weighted by molar-refractivity contribution is 7.46. The molecule has 0 aliphatic rings. The van der Waals surface area contributed by atoms with E-state index >= 15 is 0 Å². The predicted molar refractivity (Wildman–Crippen MR) is 117 cm³/mol. The second kappa shape index (κ2) is 10.8. The Bertz CT molecular complexity index is 1250. The fraction of sp³-hybridized carbons (Fsp3) is 0.0952. The summed E-state index contributed by atoms with van der Waals surface area (Å²) in [6, 6.07) is 17.3. The van der Waals surface area contributed by atoms with E-state index in [9.17, 15) is 8.96 Å². The van der Waals surface area contributed by atoms with Crippen molar-refractivity contribution in [3.05, 3.63) is 84.1 Å². The Hall–Kier alpha value is -3.63. The lowest BCUT2D eigenvalue weighted by molar-refractivity contribution is 0.235. The minimum absolute atomic E-state index is 0.206. The van der Waals surface area contributed by atoms with E-state index in [1.54, 1.807) is 36.5 Å². The third-order valence-corrected chi connectivity index (χ3v) is 4.60. The Morgan fingerprint density at radius 1 is 1.12 bits per heavy atom. The highest BCUT2D eigenvalue weighted by Crippen LogP contribution is 2.33. The van der Waals surface area contributed by atoms with Gasteiger partial charge in [0.2, 0.25) is 11.8 Å². The summed E-state index contributed by atoms with van der Waals surface area (Å²) >= 11 is 0. The lowest BCUT2D eigenvalue weighted by Crippen LogP contribution is -1.92. The van der Waals surface area contributed by atoms with Gasteiger partial charge in [0.1, 0.15) is 11.6 Å². The zero-order chi connectivity index (χ0) is 23.8. The van der Waals surface area contributed by atoms with Crippen LogP contribution in [0.15, 0.2) is 71.4 Å². The molecule has 0 amide bonds. The fourth-order valence-corrected chi connectivity index (χ4v) is 2.60. The van der Waals surface area contributed by atoms with Crippen LogP contribution in [0.3, 0.4) is 0 Å². The normalized spacial score (nSPS) is 10.9. The molecule has 10 nitrogen and oxygen atoms in total. The molecule has 0 saturated heterocycles. The number of aromatic nitrogens is 3. The number of hydrogen-bond acceptors (Lipinski definition) is 8. The Balaban J connectivity index is 0.000000454. The topological polar surface area (TPSA) is 154 Å². The van der Waals surface area contributed by atoms with Crippen LogP contribution in [-0.4, -0.2) is 32.0 Å². The van der Waals surface area contributed by atoms with Gasteiger partial charge in [-0.05, 0) is 35.9 Å². The Kier molecular flexibility index (Phi) is 7.86. The van der Waals surface area contributed by atoms with Gasteiger partial charge in [-0.1, -0.05) is 23.4 Å². The summed E-state index contributed by atoms with van der Waals surface area (Å²) in [5.41, 5.74) is 8.37. The van der Waals surface area contributed by atoms with Gasteiger partial charge < -0.3 is 24.8 Å². The molecular formula is C21H20FN4O6P. The van der Waals surface area contributed by atoms with Crippen molar-refractivity contribution in [2.24, 2.45) is 0 Å². The number of ether oxygens (including phenoxy) is 1.